The molecule has 2 N–H and O–H groups in total. The Bertz CT molecular complexity index is 554. The Labute approximate surface area is 123 Å². The third-order valence-corrected chi connectivity index (χ3v) is 4.10. The summed E-state index contributed by atoms with van der Waals surface area (Å²) in [7, 11) is 0. The third-order valence-electron chi connectivity index (χ3n) is 2.83. The SMILES string of the molecule is CC(CSc1ccc(O)cc1)C(=O)Nc1ccccc1. The first-order valence-electron chi connectivity index (χ1n) is 6.43. The predicted molar refractivity (Wildman–Crippen MR) is 83.1 cm³/mol. The zero-order chi connectivity index (χ0) is 14.4. The zero-order valence-corrected chi connectivity index (χ0v) is 12.1. The molecule has 0 aromatic heterocycles. The minimum absolute atomic E-state index is 0.0162. The molecule has 0 saturated heterocycles. The maximum absolute atomic E-state index is 12.0. The normalized spacial score (nSPS) is 11.8. The molecule has 0 aliphatic carbocycles. The van der Waals surface area contributed by atoms with Gasteiger partial charge >= 0.3 is 0 Å². The Hall–Kier alpha value is -1.94. The van der Waals surface area contributed by atoms with Crippen LogP contribution in [0.2, 0.25) is 0 Å². The van der Waals surface area contributed by atoms with Crippen LogP contribution in [-0.2, 0) is 4.79 Å². The van der Waals surface area contributed by atoms with Gasteiger partial charge in [-0.25, -0.2) is 0 Å². The van der Waals surface area contributed by atoms with E-state index in [2.05, 4.69) is 5.32 Å². The minimum atomic E-state index is -0.0889. The van der Waals surface area contributed by atoms with Gasteiger partial charge in [0.2, 0.25) is 5.91 Å². The Morgan fingerprint density at radius 1 is 1.15 bits per heavy atom. The lowest BCUT2D eigenvalue weighted by atomic mass is 10.2. The number of amides is 1. The van der Waals surface area contributed by atoms with Crippen LogP contribution in [0.15, 0.2) is 59.5 Å². The van der Waals surface area contributed by atoms with Gasteiger partial charge in [-0.15, -0.1) is 11.8 Å². The van der Waals surface area contributed by atoms with Crippen LogP contribution in [0.3, 0.4) is 0 Å². The topological polar surface area (TPSA) is 49.3 Å². The summed E-state index contributed by atoms with van der Waals surface area (Å²) in [6, 6.07) is 16.4. The van der Waals surface area contributed by atoms with Gasteiger partial charge < -0.3 is 10.4 Å². The first kappa shape index (κ1) is 14.5. The van der Waals surface area contributed by atoms with Crippen LogP contribution in [0.5, 0.6) is 5.75 Å². The number of rotatable bonds is 5. The summed E-state index contributed by atoms with van der Waals surface area (Å²) in [5.74, 6) is 0.879. The van der Waals surface area contributed by atoms with Gasteiger partial charge in [0, 0.05) is 22.3 Å². The molecule has 104 valence electrons. The van der Waals surface area contributed by atoms with Gasteiger partial charge in [0.1, 0.15) is 5.75 Å². The summed E-state index contributed by atoms with van der Waals surface area (Å²) in [5, 5.41) is 12.1. The lowest BCUT2D eigenvalue weighted by Crippen LogP contribution is -2.22. The molecule has 0 spiro atoms. The molecule has 1 amide bonds. The summed E-state index contributed by atoms with van der Waals surface area (Å²) < 4.78 is 0. The number of carbonyl (C=O) groups is 1. The van der Waals surface area contributed by atoms with E-state index in [1.807, 2.05) is 49.4 Å². The van der Waals surface area contributed by atoms with Crippen molar-refractivity contribution in [1.82, 2.24) is 0 Å². The van der Waals surface area contributed by atoms with Crippen LogP contribution in [0, 0.1) is 5.92 Å². The number of carbonyl (C=O) groups excluding carboxylic acids is 1. The van der Waals surface area contributed by atoms with E-state index in [-0.39, 0.29) is 17.6 Å². The molecule has 2 rings (SSSR count). The van der Waals surface area contributed by atoms with E-state index in [0.717, 1.165) is 10.6 Å². The highest BCUT2D eigenvalue weighted by molar-refractivity contribution is 7.99. The molecule has 20 heavy (non-hydrogen) atoms. The minimum Gasteiger partial charge on any atom is -0.508 e. The summed E-state index contributed by atoms with van der Waals surface area (Å²) in [6.07, 6.45) is 0. The fourth-order valence-corrected chi connectivity index (χ4v) is 2.55. The Balaban J connectivity index is 1.83. The average molecular weight is 287 g/mol. The van der Waals surface area contributed by atoms with Crippen LogP contribution in [0.25, 0.3) is 0 Å². The number of para-hydroxylation sites is 1. The van der Waals surface area contributed by atoms with Gasteiger partial charge in [0.15, 0.2) is 0 Å². The zero-order valence-electron chi connectivity index (χ0n) is 11.2. The van der Waals surface area contributed by atoms with Crippen molar-refractivity contribution in [1.29, 1.82) is 0 Å². The van der Waals surface area contributed by atoms with Crippen LogP contribution < -0.4 is 5.32 Å². The highest BCUT2D eigenvalue weighted by Gasteiger charge is 2.13. The maximum Gasteiger partial charge on any atom is 0.228 e. The Morgan fingerprint density at radius 2 is 1.80 bits per heavy atom. The first-order valence-corrected chi connectivity index (χ1v) is 7.41. The smallest absolute Gasteiger partial charge is 0.228 e. The number of hydrogen-bond donors (Lipinski definition) is 2. The Kier molecular flexibility index (Phi) is 5.07. The second-order valence-electron chi connectivity index (χ2n) is 4.56. The maximum atomic E-state index is 12.0. The van der Waals surface area contributed by atoms with Gasteiger partial charge in [-0.2, -0.15) is 0 Å². The molecule has 0 fully saturated rings. The van der Waals surface area contributed by atoms with E-state index in [0.29, 0.717) is 5.75 Å². The van der Waals surface area contributed by atoms with Crippen molar-refractivity contribution in [2.75, 3.05) is 11.1 Å². The van der Waals surface area contributed by atoms with Gasteiger partial charge in [0.25, 0.3) is 0 Å². The van der Waals surface area contributed by atoms with Gasteiger partial charge in [-0.3, -0.25) is 4.79 Å². The lowest BCUT2D eigenvalue weighted by Gasteiger charge is -2.12. The molecule has 1 atom stereocenters. The van der Waals surface area contributed by atoms with Crippen LogP contribution in [-0.4, -0.2) is 16.8 Å². The van der Waals surface area contributed by atoms with Crippen molar-refractivity contribution < 1.29 is 9.90 Å². The fourth-order valence-electron chi connectivity index (χ4n) is 1.63. The van der Waals surface area contributed by atoms with E-state index in [1.54, 1.807) is 23.9 Å². The lowest BCUT2D eigenvalue weighted by molar-refractivity contribution is -0.118. The van der Waals surface area contributed by atoms with E-state index >= 15 is 0 Å². The molecule has 0 aliphatic rings. The number of aromatic hydroxyl groups is 1. The molecule has 0 saturated carbocycles. The number of hydrogen-bond acceptors (Lipinski definition) is 3. The molecule has 0 aliphatic heterocycles. The molecule has 1 unspecified atom stereocenters. The van der Waals surface area contributed by atoms with E-state index in [9.17, 15) is 9.90 Å². The summed E-state index contributed by atoms with van der Waals surface area (Å²) in [4.78, 5) is 13.1. The number of benzene rings is 2. The van der Waals surface area contributed by atoms with Gasteiger partial charge in [-0.1, -0.05) is 25.1 Å². The second-order valence-corrected chi connectivity index (χ2v) is 5.65. The van der Waals surface area contributed by atoms with Crippen molar-refractivity contribution in [2.24, 2.45) is 5.92 Å². The molecule has 0 heterocycles. The number of nitrogens with one attached hydrogen (secondary N) is 1. The average Bonchev–Trinajstić information content (AvgIpc) is 2.47. The van der Waals surface area contributed by atoms with E-state index in [4.69, 9.17) is 0 Å². The third kappa shape index (κ3) is 4.31. The van der Waals surface area contributed by atoms with Crippen LogP contribution in [0.4, 0.5) is 5.69 Å². The molecule has 2 aromatic rings. The largest absolute Gasteiger partial charge is 0.508 e. The Morgan fingerprint density at radius 3 is 2.45 bits per heavy atom. The summed E-state index contributed by atoms with van der Waals surface area (Å²) in [6.45, 7) is 1.91. The van der Waals surface area contributed by atoms with Crippen molar-refractivity contribution >= 4 is 23.4 Å². The molecule has 3 nitrogen and oxygen atoms in total. The number of phenolic OH excluding ortho intramolecular Hbond substituents is 1. The quantitative estimate of drug-likeness (QED) is 0.823. The molecule has 2 aromatic carbocycles. The predicted octanol–water partition coefficient (Wildman–Crippen LogP) is 3.76. The molecule has 4 heteroatoms. The molecule has 0 radical (unpaired) electrons. The second kappa shape index (κ2) is 7.01. The van der Waals surface area contributed by atoms with Crippen molar-refractivity contribution in [3.63, 3.8) is 0 Å². The van der Waals surface area contributed by atoms with Crippen molar-refractivity contribution in [3.05, 3.63) is 54.6 Å². The van der Waals surface area contributed by atoms with Crippen LogP contribution >= 0.6 is 11.8 Å². The molecular formula is C16H17NO2S. The molecule has 0 bridgehead atoms. The summed E-state index contributed by atoms with van der Waals surface area (Å²) in [5.41, 5.74) is 0.819. The van der Waals surface area contributed by atoms with E-state index < -0.39 is 0 Å². The van der Waals surface area contributed by atoms with Gasteiger partial charge in [0.05, 0.1) is 0 Å². The van der Waals surface area contributed by atoms with Crippen LogP contribution in [0.1, 0.15) is 6.92 Å². The fraction of sp³-hybridized carbons (Fsp3) is 0.188. The number of anilines is 1. The summed E-state index contributed by atoms with van der Waals surface area (Å²) >= 11 is 1.60. The highest BCUT2D eigenvalue weighted by atomic mass is 32.2. The highest BCUT2D eigenvalue weighted by Crippen LogP contribution is 2.23. The van der Waals surface area contributed by atoms with Gasteiger partial charge in [-0.05, 0) is 36.4 Å². The van der Waals surface area contributed by atoms with E-state index in [1.165, 1.54) is 0 Å². The number of thioether (sulfide) groups is 1. The molecular weight excluding hydrogens is 270 g/mol. The first-order chi connectivity index (χ1) is 9.65. The number of phenols is 1. The standard InChI is InChI=1S/C16H17NO2S/c1-12(11-20-15-9-7-14(18)8-10-15)16(19)17-13-5-3-2-4-6-13/h2-10,12,18H,11H2,1H3,(H,17,19). The van der Waals surface area contributed by atoms with Crippen molar-refractivity contribution in [2.45, 2.75) is 11.8 Å². The monoisotopic (exact) mass is 287 g/mol. The van der Waals surface area contributed by atoms with Crippen molar-refractivity contribution in [3.8, 4) is 5.75 Å².